The Bertz CT molecular complexity index is 1020. The Morgan fingerprint density at radius 2 is 1.08 bits per heavy atom. The topological polar surface area (TPSA) is 20.6 Å². The quantitative estimate of drug-likeness (QED) is 0.224. The van der Waals surface area contributed by atoms with Crippen molar-refractivity contribution in [3.63, 3.8) is 0 Å². The first-order chi connectivity index (χ1) is 18.5. The molecule has 2 aliphatic rings. The Balaban J connectivity index is 0.000000450. The van der Waals surface area contributed by atoms with E-state index in [0.717, 1.165) is 5.03 Å². The number of hydrogen-bond donors (Lipinski definition) is 0. The summed E-state index contributed by atoms with van der Waals surface area (Å²) >= 11 is 5.43. The first-order valence-electron chi connectivity index (χ1n) is 13.4. The Morgan fingerprint density at radius 1 is 0.718 bits per heavy atom. The van der Waals surface area contributed by atoms with E-state index in [-0.39, 0.29) is 15.9 Å². The molecule has 2 aromatic carbocycles. The van der Waals surface area contributed by atoms with Gasteiger partial charge < -0.3 is 15.1 Å². The van der Waals surface area contributed by atoms with Gasteiger partial charge in [-0.3, -0.25) is 0 Å². The van der Waals surface area contributed by atoms with Crippen LogP contribution in [-0.4, -0.2) is 6.54 Å². The second-order valence-electron chi connectivity index (χ2n) is 10.8. The predicted molar refractivity (Wildman–Crippen MR) is 171 cm³/mol. The van der Waals surface area contributed by atoms with Gasteiger partial charge in [0.2, 0.25) is 0 Å². The molecule has 0 radical (unpaired) electrons. The Morgan fingerprint density at radius 3 is 1.31 bits per heavy atom. The van der Waals surface area contributed by atoms with Crippen molar-refractivity contribution in [1.82, 2.24) is 0 Å². The molecule has 0 saturated heterocycles. The van der Waals surface area contributed by atoms with Crippen LogP contribution in [0.1, 0.15) is 101 Å². The molecule has 0 aliphatic carbocycles. The number of para-hydroxylation sites is 2. The molecule has 218 valence electrons. The molecule has 0 aromatic heterocycles. The molecule has 0 amide bonds. The van der Waals surface area contributed by atoms with Crippen LogP contribution in [0.15, 0.2) is 72.2 Å². The van der Waals surface area contributed by atoms with Crippen molar-refractivity contribution >= 4 is 42.0 Å². The summed E-state index contributed by atoms with van der Waals surface area (Å²) in [6.07, 6.45) is 9.84. The molecule has 0 unspecified atom stereocenters. The standard InChI is InChI=1S/C27H37N2.C5H5ClN.2ClH.Pd/c1-18(2)22-11-9-12-23(19(3)4)26(22)28-15-16-29(17-28)27-24(20(5)6)13-10-14-25(27)21(7)8;6-5-2-1-3-7-4-5;;;/h9-21H,1-8H3;1-3H,4H2;2*1H;/q2*-1;;;+2/p-2. The zero-order valence-corrected chi connectivity index (χ0v) is 28.1. The normalized spacial score (nSPS) is 14.5. The van der Waals surface area contributed by atoms with E-state index in [1.165, 1.54) is 33.6 Å². The number of rotatable bonds is 6. The molecule has 2 aromatic rings. The molecule has 7 heteroatoms. The summed E-state index contributed by atoms with van der Waals surface area (Å²) in [6.45, 7) is 21.2. The molecule has 3 nitrogen and oxygen atoms in total. The summed E-state index contributed by atoms with van der Waals surface area (Å²) in [4.78, 5) is 4.65. The summed E-state index contributed by atoms with van der Waals surface area (Å²) in [5.41, 5.74) is 8.29. The fourth-order valence-corrected chi connectivity index (χ4v) is 4.78. The third-order valence-electron chi connectivity index (χ3n) is 6.55. The fourth-order valence-electron chi connectivity index (χ4n) is 4.64. The van der Waals surface area contributed by atoms with Crippen LogP contribution in [0.3, 0.4) is 0 Å². The number of nitrogens with zero attached hydrogens (tertiary/aromatic N) is 3. The van der Waals surface area contributed by atoms with Crippen LogP contribution >= 0.6 is 30.7 Å². The number of halogens is 3. The van der Waals surface area contributed by atoms with E-state index in [1.807, 2.05) is 12.2 Å². The average molecular weight is 681 g/mol. The van der Waals surface area contributed by atoms with Gasteiger partial charge in [-0.2, -0.15) is 6.20 Å². The minimum atomic E-state index is -0.106. The van der Waals surface area contributed by atoms with E-state index in [0.29, 0.717) is 30.2 Å². The van der Waals surface area contributed by atoms with Gasteiger partial charge in [-0.25, -0.2) is 0 Å². The van der Waals surface area contributed by atoms with Crippen molar-refractivity contribution in [2.75, 3.05) is 16.3 Å². The molecule has 39 heavy (non-hydrogen) atoms. The van der Waals surface area contributed by atoms with E-state index < -0.39 is 0 Å². The van der Waals surface area contributed by atoms with Gasteiger partial charge in [0.25, 0.3) is 0 Å². The van der Waals surface area contributed by atoms with E-state index in [9.17, 15) is 0 Å². The summed E-state index contributed by atoms with van der Waals surface area (Å²) in [6, 6.07) is 13.5. The van der Waals surface area contributed by atoms with Crippen molar-refractivity contribution in [3.8, 4) is 0 Å². The molecular formula is C32H42Cl3N3Pd-2. The van der Waals surface area contributed by atoms with Crippen molar-refractivity contribution < 1.29 is 15.9 Å². The SMILES string of the molecule is CC(C)c1cccc(C(C)C)c1N1C=CN(c2c(C(C)C)cccc2C(C)C)[CH-]1.ClC1=CC=C[N-]C1.[Cl][Pd][Cl]. The Kier molecular flexibility index (Phi) is 14.5. The molecular weight excluding hydrogens is 639 g/mol. The first kappa shape index (κ1) is 33.8. The van der Waals surface area contributed by atoms with Crippen LogP contribution in [0.2, 0.25) is 0 Å². The van der Waals surface area contributed by atoms with E-state index in [2.05, 4.69) is 126 Å². The molecule has 0 saturated carbocycles. The monoisotopic (exact) mass is 679 g/mol. The van der Waals surface area contributed by atoms with Gasteiger partial charge >= 0.3 is 35.0 Å². The second-order valence-corrected chi connectivity index (χ2v) is 13.6. The van der Waals surface area contributed by atoms with Crippen molar-refractivity contribution in [2.45, 2.75) is 79.1 Å². The van der Waals surface area contributed by atoms with E-state index >= 15 is 0 Å². The molecule has 0 atom stereocenters. The number of benzene rings is 2. The van der Waals surface area contributed by atoms with Crippen molar-refractivity contribution in [2.24, 2.45) is 0 Å². The number of anilines is 2. The van der Waals surface area contributed by atoms with Gasteiger partial charge in [0.1, 0.15) is 0 Å². The summed E-state index contributed by atoms with van der Waals surface area (Å²) < 4.78 is 0. The van der Waals surface area contributed by atoms with Gasteiger partial charge in [0.15, 0.2) is 0 Å². The van der Waals surface area contributed by atoms with Crippen LogP contribution in [0, 0.1) is 6.67 Å². The van der Waals surface area contributed by atoms with Crippen LogP contribution in [-0.2, 0) is 15.9 Å². The maximum atomic E-state index is 5.53. The second kappa shape index (κ2) is 16.8. The Hall–Kier alpha value is -1.41. The van der Waals surface area contributed by atoms with Gasteiger partial charge in [0.05, 0.1) is 0 Å². The van der Waals surface area contributed by atoms with Crippen LogP contribution < -0.4 is 9.80 Å². The fraction of sp³-hybridized carbons (Fsp3) is 0.406. The Labute approximate surface area is 258 Å². The maximum absolute atomic E-state index is 5.53. The molecule has 0 spiro atoms. The van der Waals surface area contributed by atoms with Crippen molar-refractivity contribution in [1.29, 1.82) is 0 Å². The van der Waals surface area contributed by atoms with Gasteiger partial charge in [-0.1, -0.05) is 122 Å². The van der Waals surface area contributed by atoms with Crippen LogP contribution in [0.25, 0.3) is 5.32 Å². The van der Waals surface area contributed by atoms with Gasteiger partial charge in [-0.15, -0.1) is 6.67 Å². The summed E-state index contributed by atoms with van der Waals surface area (Å²) in [5.74, 6) is 1.92. The van der Waals surface area contributed by atoms with Crippen molar-refractivity contribution in [3.05, 3.63) is 106 Å². The molecule has 4 rings (SSSR count). The zero-order chi connectivity index (χ0) is 29.1. The summed E-state index contributed by atoms with van der Waals surface area (Å²) in [5, 5.41) is 4.69. The summed E-state index contributed by atoms with van der Waals surface area (Å²) in [7, 11) is 9.63. The zero-order valence-electron chi connectivity index (χ0n) is 24.2. The molecule has 2 aliphatic heterocycles. The minimum absolute atomic E-state index is 0.106. The third-order valence-corrected chi connectivity index (χ3v) is 6.79. The number of hydrogen-bond acceptors (Lipinski definition) is 2. The molecule has 0 fully saturated rings. The van der Waals surface area contributed by atoms with E-state index in [4.69, 9.17) is 30.7 Å². The third kappa shape index (κ3) is 9.58. The molecule has 0 N–H and O–H groups in total. The van der Waals surface area contributed by atoms with Gasteiger partial charge in [0, 0.05) is 16.4 Å². The van der Waals surface area contributed by atoms with Crippen LogP contribution in [0.5, 0.6) is 0 Å². The first-order valence-corrected chi connectivity index (χ1v) is 17.8. The van der Waals surface area contributed by atoms with E-state index in [1.54, 1.807) is 6.20 Å². The predicted octanol–water partition coefficient (Wildman–Crippen LogP) is 11.5. The molecule has 0 bridgehead atoms. The number of allylic oxidation sites excluding steroid dienone is 2. The average Bonchev–Trinajstić information content (AvgIpc) is 3.38. The van der Waals surface area contributed by atoms with Crippen LogP contribution in [0.4, 0.5) is 11.4 Å². The molecule has 2 heterocycles. The van der Waals surface area contributed by atoms with Gasteiger partial charge in [-0.05, 0) is 58.3 Å².